The molecule has 0 aliphatic carbocycles. The summed E-state index contributed by atoms with van der Waals surface area (Å²) in [7, 11) is 0. The fourth-order valence-electron chi connectivity index (χ4n) is 5.06. The first-order valence-corrected chi connectivity index (χ1v) is 13.7. The van der Waals surface area contributed by atoms with E-state index in [2.05, 4.69) is 0 Å². The molecule has 0 aliphatic heterocycles. The molecule has 3 atom stereocenters. The van der Waals surface area contributed by atoms with Gasteiger partial charge in [0.25, 0.3) is 0 Å². The fourth-order valence-corrected chi connectivity index (χ4v) is 5.06. The van der Waals surface area contributed by atoms with E-state index in [4.69, 9.17) is 11.5 Å². The van der Waals surface area contributed by atoms with Crippen LogP contribution < -0.4 is 16.0 Å². The normalized spacial score (nSPS) is 14.2. The van der Waals surface area contributed by atoms with Gasteiger partial charge in [-0.15, -0.1) is 0 Å². The van der Waals surface area contributed by atoms with E-state index in [0.717, 1.165) is 35.7 Å². The Labute approximate surface area is 239 Å². The highest BCUT2D eigenvalue weighted by Crippen LogP contribution is 2.31. The maximum atomic E-state index is 14.1. The zero-order valence-corrected chi connectivity index (χ0v) is 23.5. The minimum absolute atomic E-state index is 0.00192. The largest absolute Gasteiger partial charge is 0.386 e. The average Bonchev–Trinajstić information content (AvgIpc) is 2.91. The Bertz CT molecular complexity index is 1360. The molecule has 3 rings (SSSR count). The number of nitrogens with two attached hydrogens (primary N) is 2. The van der Waals surface area contributed by atoms with Gasteiger partial charge in [-0.3, -0.25) is 9.59 Å². The Kier molecular flexibility index (Phi) is 11.0. The lowest BCUT2D eigenvalue weighted by molar-refractivity contribution is -0.132. The third-order valence-electron chi connectivity index (χ3n) is 7.30. The number of benzene rings is 3. The molecule has 3 aromatic rings. The van der Waals surface area contributed by atoms with Gasteiger partial charge in [0, 0.05) is 41.8 Å². The van der Waals surface area contributed by atoms with E-state index in [1.807, 2.05) is 31.2 Å². The van der Waals surface area contributed by atoms with Gasteiger partial charge in [0.2, 0.25) is 5.91 Å². The van der Waals surface area contributed by atoms with Crippen LogP contribution in [0.4, 0.5) is 14.5 Å². The number of carbonyl (C=O) groups is 3. The molecule has 0 bridgehead atoms. The molecule has 0 fully saturated rings. The SMILES string of the molecule is CCc1cccc(C[N+](C[C@@H](O)[C@@H](N)Cc2cc(F)cc(F)c2)(C(=O)CCCC(N)=O)c2ccc(C(C)=O)cc2)c1. The lowest BCUT2D eigenvalue weighted by Gasteiger charge is -2.38. The Hall–Kier alpha value is -3.79. The van der Waals surface area contributed by atoms with Crippen LogP contribution in [0.25, 0.3) is 0 Å². The molecule has 3 aromatic carbocycles. The maximum Gasteiger partial charge on any atom is 0.319 e. The first-order chi connectivity index (χ1) is 19.4. The number of aliphatic hydroxyl groups excluding tert-OH is 1. The number of Topliss-reactive ketones (excluding diaryl/α,β-unsaturated/α-hetero) is 1. The molecule has 9 heteroatoms. The van der Waals surface area contributed by atoms with E-state index in [0.29, 0.717) is 11.3 Å². The molecular weight excluding hydrogens is 528 g/mol. The number of halogens is 2. The van der Waals surface area contributed by atoms with Crippen LogP contribution in [-0.2, 0) is 29.0 Å². The van der Waals surface area contributed by atoms with Crippen molar-refractivity contribution in [2.75, 3.05) is 6.54 Å². The van der Waals surface area contributed by atoms with Crippen molar-refractivity contribution in [1.29, 1.82) is 0 Å². The fraction of sp³-hybridized carbons (Fsp3) is 0.344. The van der Waals surface area contributed by atoms with Crippen LogP contribution in [-0.4, -0.2) is 41.4 Å². The van der Waals surface area contributed by atoms with Gasteiger partial charge in [0.1, 0.15) is 36.5 Å². The summed E-state index contributed by atoms with van der Waals surface area (Å²) >= 11 is 0. The second kappa shape index (κ2) is 14.2. The van der Waals surface area contributed by atoms with Crippen LogP contribution in [0.3, 0.4) is 0 Å². The predicted molar refractivity (Wildman–Crippen MR) is 155 cm³/mol. The molecule has 2 amide bonds. The number of nitrogens with zero attached hydrogens (tertiary/aromatic N) is 1. The number of amides is 2. The zero-order valence-electron chi connectivity index (χ0n) is 23.5. The van der Waals surface area contributed by atoms with Crippen LogP contribution in [0.5, 0.6) is 0 Å². The van der Waals surface area contributed by atoms with Crippen molar-refractivity contribution in [2.45, 2.75) is 64.6 Å². The Balaban J connectivity index is 2.07. The first kappa shape index (κ1) is 31.7. The molecule has 7 nitrogen and oxygen atoms in total. The lowest BCUT2D eigenvalue weighted by atomic mass is 9.98. The van der Waals surface area contributed by atoms with E-state index < -0.39 is 29.7 Å². The molecule has 0 aliphatic rings. The zero-order chi connectivity index (χ0) is 30.2. The smallest absolute Gasteiger partial charge is 0.319 e. The third-order valence-corrected chi connectivity index (χ3v) is 7.30. The van der Waals surface area contributed by atoms with E-state index in [9.17, 15) is 28.3 Å². The van der Waals surface area contributed by atoms with Crippen LogP contribution >= 0.6 is 0 Å². The predicted octanol–water partition coefficient (Wildman–Crippen LogP) is 4.35. The minimum Gasteiger partial charge on any atom is -0.386 e. The van der Waals surface area contributed by atoms with E-state index in [1.165, 1.54) is 6.92 Å². The van der Waals surface area contributed by atoms with E-state index in [1.54, 1.807) is 24.3 Å². The number of hydrogen-bond acceptors (Lipinski definition) is 5. The molecule has 0 saturated carbocycles. The summed E-state index contributed by atoms with van der Waals surface area (Å²) < 4.78 is 27.2. The van der Waals surface area contributed by atoms with Gasteiger partial charge in [-0.2, -0.15) is 0 Å². The van der Waals surface area contributed by atoms with Crippen LogP contribution in [0.15, 0.2) is 66.7 Å². The first-order valence-electron chi connectivity index (χ1n) is 13.7. The molecule has 0 aromatic heterocycles. The average molecular weight is 567 g/mol. The van der Waals surface area contributed by atoms with Gasteiger partial charge >= 0.3 is 5.91 Å². The Morgan fingerprint density at radius 3 is 2.12 bits per heavy atom. The van der Waals surface area contributed by atoms with Crippen molar-refractivity contribution in [2.24, 2.45) is 11.5 Å². The quantitative estimate of drug-likeness (QED) is 0.198. The number of aryl methyl sites for hydroxylation is 1. The molecule has 0 radical (unpaired) electrons. The molecule has 1 unspecified atom stereocenters. The number of rotatable bonds is 14. The second-order valence-corrected chi connectivity index (χ2v) is 10.5. The number of ketones is 1. The topological polar surface area (TPSA) is 123 Å². The summed E-state index contributed by atoms with van der Waals surface area (Å²) in [5.74, 6) is -2.44. The molecule has 218 valence electrons. The number of hydrogen-bond donors (Lipinski definition) is 3. The summed E-state index contributed by atoms with van der Waals surface area (Å²) in [6.45, 7) is 3.49. The molecular formula is C32H38F2N3O4+. The van der Waals surface area contributed by atoms with Crippen molar-refractivity contribution in [3.8, 4) is 0 Å². The molecule has 41 heavy (non-hydrogen) atoms. The van der Waals surface area contributed by atoms with Gasteiger partial charge in [-0.05, 0) is 61.6 Å². The number of carbonyl (C=O) groups excluding carboxylic acids is 3. The lowest BCUT2D eigenvalue weighted by Crippen LogP contribution is -2.60. The summed E-state index contributed by atoms with van der Waals surface area (Å²) in [4.78, 5) is 37.5. The Morgan fingerprint density at radius 2 is 1.54 bits per heavy atom. The standard InChI is InChI=1S/C32H37F2N3O4/c1-3-22-6-4-7-23(14-22)19-37(32(41)9-5-8-31(36)40,28-12-10-25(11-13-28)21(2)38)20-30(39)29(35)17-24-15-26(33)18-27(34)16-24/h4,6-7,10-16,18,29-30,39H,3,5,8-9,17,19-20,35H2,1-2H3,(H-,36,40)/p+1/t29-,30+,37?/m0/s1. The van der Waals surface area contributed by atoms with Crippen molar-refractivity contribution >= 4 is 23.3 Å². The van der Waals surface area contributed by atoms with Crippen molar-refractivity contribution in [3.63, 3.8) is 0 Å². The minimum atomic E-state index is -1.26. The van der Waals surface area contributed by atoms with E-state index >= 15 is 0 Å². The maximum absolute atomic E-state index is 14.1. The molecule has 0 spiro atoms. The van der Waals surface area contributed by atoms with Crippen LogP contribution in [0.2, 0.25) is 0 Å². The van der Waals surface area contributed by atoms with Crippen LogP contribution in [0, 0.1) is 11.6 Å². The molecule has 0 saturated heterocycles. The summed E-state index contributed by atoms with van der Waals surface area (Å²) in [5.41, 5.74) is 14.9. The highest BCUT2D eigenvalue weighted by atomic mass is 19.1. The summed E-state index contributed by atoms with van der Waals surface area (Å²) in [6, 6.07) is 16.5. The van der Waals surface area contributed by atoms with Crippen molar-refractivity contribution in [1.82, 2.24) is 4.48 Å². The Morgan fingerprint density at radius 1 is 0.902 bits per heavy atom. The summed E-state index contributed by atoms with van der Waals surface area (Å²) in [5, 5.41) is 11.4. The van der Waals surface area contributed by atoms with Crippen molar-refractivity contribution in [3.05, 3.63) is 101 Å². The van der Waals surface area contributed by atoms with E-state index in [-0.39, 0.29) is 60.5 Å². The van der Waals surface area contributed by atoms with Crippen molar-refractivity contribution < 1.29 is 28.3 Å². The van der Waals surface area contributed by atoms with Gasteiger partial charge in [0.05, 0.1) is 6.42 Å². The third kappa shape index (κ3) is 8.60. The van der Waals surface area contributed by atoms with Gasteiger partial charge < -0.3 is 16.6 Å². The van der Waals surface area contributed by atoms with Gasteiger partial charge in [-0.1, -0.05) is 31.2 Å². The van der Waals surface area contributed by atoms with Crippen LogP contribution in [0.1, 0.15) is 60.2 Å². The van der Waals surface area contributed by atoms with Gasteiger partial charge in [-0.25, -0.2) is 18.1 Å². The molecule has 0 heterocycles. The number of quaternary nitrogens is 1. The monoisotopic (exact) mass is 566 g/mol. The highest BCUT2D eigenvalue weighted by Gasteiger charge is 2.42. The second-order valence-electron chi connectivity index (χ2n) is 10.5. The van der Waals surface area contributed by atoms with Gasteiger partial charge in [0.15, 0.2) is 5.78 Å². The number of aliphatic hydroxyl groups is 1. The highest BCUT2D eigenvalue weighted by molar-refractivity contribution is 5.95. The summed E-state index contributed by atoms with van der Waals surface area (Å²) in [6.07, 6.45) is -0.260. The number of primary amides is 1. The molecule has 5 N–H and O–H groups in total.